The Kier molecular flexibility index (Phi) is 3.42. The zero-order valence-electron chi connectivity index (χ0n) is 10.9. The van der Waals surface area contributed by atoms with Crippen molar-refractivity contribution in [1.29, 1.82) is 0 Å². The minimum absolute atomic E-state index is 0.129. The van der Waals surface area contributed by atoms with E-state index < -0.39 is 0 Å². The van der Waals surface area contributed by atoms with Gasteiger partial charge in [0, 0.05) is 25.0 Å². The molecule has 1 atom stereocenters. The van der Waals surface area contributed by atoms with Crippen molar-refractivity contribution < 1.29 is 0 Å². The molecule has 0 fully saturated rings. The molecule has 2 heterocycles. The van der Waals surface area contributed by atoms with Crippen molar-refractivity contribution in [2.24, 2.45) is 5.73 Å². The van der Waals surface area contributed by atoms with Gasteiger partial charge in [0.1, 0.15) is 6.33 Å². The second-order valence-electron chi connectivity index (χ2n) is 4.81. The van der Waals surface area contributed by atoms with Gasteiger partial charge in [0.15, 0.2) is 0 Å². The fraction of sp³-hybridized carbons (Fsp3) is 0.333. The van der Waals surface area contributed by atoms with Crippen molar-refractivity contribution in [3.05, 3.63) is 54.1 Å². The molecule has 3 rings (SSSR count). The van der Waals surface area contributed by atoms with Gasteiger partial charge in [-0.25, -0.2) is 9.97 Å². The Morgan fingerprint density at radius 1 is 1.26 bits per heavy atom. The standard InChI is InChI=1S/C15H18N4/c16-10-15(13-7-8-17-11-18-13)19-9-3-5-12-4-1-2-6-14(12)19/h1-2,4,6-8,11,15H,3,5,9-10,16H2. The van der Waals surface area contributed by atoms with E-state index in [9.17, 15) is 0 Å². The molecule has 0 amide bonds. The largest absolute Gasteiger partial charge is 0.361 e. The molecular formula is C15H18N4. The third kappa shape index (κ3) is 2.31. The molecule has 2 aromatic rings. The summed E-state index contributed by atoms with van der Waals surface area (Å²) in [5.74, 6) is 0. The monoisotopic (exact) mass is 254 g/mol. The van der Waals surface area contributed by atoms with Crippen molar-refractivity contribution in [3.63, 3.8) is 0 Å². The second kappa shape index (κ2) is 5.36. The maximum absolute atomic E-state index is 5.99. The van der Waals surface area contributed by atoms with Gasteiger partial charge in [0.25, 0.3) is 0 Å². The molecule has 0 spiro atoms. The van der Waals surface area contributed by atoms with E-state index in [1.165, 1.54) is 17.7 Å². The van der Waals surface area contributed by atoms with Crippen LogP contribution in [0.5, 0.6) is 0 Å². The average Bonchev–Trinajstić information content (AvgIpc) is 2.49. The number of nitrogens with zero attached hydrogens (tertiary/aromatic N) is 3. The summed E-state index contributed by atoms with van der Waals surface area (Å²) < 4.78 is 0. The summed E-state index contributed by atoms with van der Waals surface area (Å²) in [5, 5.41) is 0. The van der Waals surface area contributed by atoms with Crippen molar-refractivity contribution >= 4 is 5.69 Å². The number of fused-ring (bicyclic) bond motifs is 1. The summed E-state index contributed by atoms with van der Waals surface area (Å²) >= 11 is 0. The van der Waals surface area contributed by atoms with E-state index in [0.29, 0.717) is 6.54 Å². The lowest BCUT2D eigenvalue weighted by Gasteiger charge is -2.37. The first kappa shape index (κ1) is 12.1. The summed E-state index contributed by atoms with van der Waals surface area (Å²) in [6.45, 7) is 1.59. The zero-order valence-corrected chi connectivity index (χ0v) is 10.9. The molecule has 0 bridgehead atoms. The Morgan fingerprint density at radius 3 is 2.95 bits per heavy atom. The van der Waals surface area contributed by atoms with Gasteiger partial charge in [-0.2, -0.15) is 0 Å². The van der Waals surface area contributed by atoms with E-state index in [0.717, 1.165) is 18.7 Å². The van der Waals surface area contributed by atoms with Gasteiger partial charge < -0.3 is 10.6 Å². The number of benzene rings is 1. The van der Waals surface area contributed by atoms with Gasteiger partial charge in [0.2, 0.25) is 0 Å². The lowest BCUT2D eigenvalue weighted by Crippen LogP contribution is -2.37. The summed E-state index contributed by atoms with van der Waals surface area (Å²) in [4.78, 5) is 10.7. The molecule has 19 heavy (non-hydrogen) atoms. The summed E-state index contributed by atoms with van der Waals surface area (Å²) in [7, 11) is 0. The maximum atomic E-state index is 5.99. The number of aromatic nitrogens is 2. The predicted molar refractivity (Wildman–Crippen MR) is 75.9 cm³/mol. The van der Waals surface area contributed by atoms with Crippen molar-refractivity contribution in [3.8, 4) is 0 Å². The van der Waals surface area contributed by atoms with E-state index in [1.807, 2.05) is 6.07 Å². The smallest absolute Gasteiger partial charge is 0.115 e. The van der Waals surface area contributed by atoms with Crippen LogP contribution in [-0.4, -0.2) is 23.1 Å². The quantitative estimate of drug-likeness (QED) is 0.909. The van der Waals surface area contributed by atoms with Crippen LogP contribution in [0.3, 0.4) is 0 Å². The molecule has 1 aliphatic heterocycles. The Morgan fingerprint density at radius 2 is 2.16 bits per heavy atom. The number of hydrogen-bond acceptors (Lipinski definition) is 4. The Bertz CT molecular complexity index is 541. The van der Waals surface area contributed by atoms with Gasteiger partial charge in [-0.05, 0) is 30.5 Å². The van der Waals surface area contributed by atoms with Crippen LogP contribution in [0.2, 0.25) is 0 Å². The first-order valence-electron chi connectivity index (χ1n) is 6.70. The lowest BCUT2D eigenvalue weighted by molar-refractivity contribution is 0.575. The van der Waals surface area contributed by atoms with Crippen LogP contribution in [0, 0.1) is 0 Å². The highest BCUT2D eigenvalue weighted by atomic mass is 15.2. The van der Waals surface area contributed by atoms with Crippen LogP contribution < -0.4 is 10.6 Å². The van der Waals surface area contributed by atoms with E-state index in [-0.39, 0.29) is 6.04 Å². The topological polar surface area (TPSA) is 55.0 Å². The first-order chi connectivity index (χ1) is 9.40. The van der Waals surface area contributed by atoms with Crippen LogP contribution in [0.15, 0.2) is 42.9 Å². The molecular weight excluding hydrogens is 236 g/mol. The highest BCUT2D eigenvalue weighted by Gasteiger charge is 2.24. The van der Waals surface area contributed by atoms with Crippen LogP contribution in [-0.2, 0) is 6.42 Å². The third-order valence-corrected chi connectivity index (χ3v) is 3.69. The SMILES string of the molecule is NCC(c1ccncn1)N1CCCc2ccccc21. The number of aryl methyl sites for hydroxylation is 1. The van der Waals surface area contributed by atoms with E-state index in [1.54, 1.807) is 12.5 Å². The molecule has 4 heteroatoms. The van der Waals surface area contributed by atoms with Gasteiger partial charge in [-0.1, -0.05) is 18.2 Å². The molecule has 1 aliphatic rings. The zero-order chi connectivity index (χ0) is 13.1. The van der Waals surface area contributed by atoms with Gasteiger partial charge in [-0.15, -0.1) is 0 Å². The van der Waals surface area contributed by atoms with Gasteiger partial charge in [-0.3, -0.25) is 0 Å². The van der Waals surface area contributed by atoms with Crippen LogP contribution in [0.4, 0.5) is 5.69 Å². The van der Waals surface area contributed by atoms with Crippen LogP contribution in [0.1, 0.15) is 23.7 Å². The van der Waals surface area contributed by atoms with E-state index in [4.69, 9.17) is 5.73 Å². The molecule has 98 valence electrons. The maximum Gasteiger partial charge on any atom is 0.115 e. The molecule has 0 aliphatic carbocycles. The Balaban J connectivity index is 1.97. The predicted octanol–water partition coefficient (Wildman–Crippen LogP) is 1.93. The minimum atomic E-state index is 0.129. The van der Waals surface area contributed by atoms with Crippen LogP contribution >= 0.6 is 0 Å². The van der Waals surface area contributed by atoms with E-state index in [2.05, 4.69) is 39.1 Å². The molecule has 0 radical (unpaired) electrons. The molecule has 0 saturated carbocycles. The minimum Gasteiger partial charge on any atom is -0.361 e. The molecule has 1 aromatic carbocycles. The molecule has 0 saturated heterocycles. The van der Waals surface area contributed by atoms with Gasteiger partial charge >= 0.3 is 0 Å². The average molecular weight is 254 g/mol. The summed E-state index contributed by atoms with van der Waals surface area (Å²) in [6, 6.07) is 10.7. The third-order valence-electron chi connectivity index (χ3n) is 3.69. The van der Waals surface area contributed by atoms with Crippen molar-refractivity contribution in [2.75, 3.05) is 18.0 Å². The second-order valence-corrected chi connectivity index (χ2v) is 4.81. The fourth-order valence-electron chi connectivity index (χ4n) is 2.79. The Labute approximate surface area is 113 Å². The molecule has 1 unspecified atom stereocenters. The molecule has 2 N–H and O–H groups in total. The van der Waals surface area contributed by atoms with Gasteiger partial charge in [0.05, 0.1) is 11.7 Å². The van der Waals surface area contributed by atoms with Crippen LogP contribution in [0.25, 0.3) is 0 Å². The normalized spacial score (nSPS) is 15.9. The van der Waals surface area contributed by atoms with Crippen molar-refractivity contribution in [2.45, 2.75) is 18.9 Å². The lowest BCUT2D eigenvalue weighted by atomic mass is 9.99. The summed E-state index contributed by atoms with van der Waals surface area (Å²) in [6.07, 6.45) is 5.68. The van der Waals surface area contributed by atoms with Crippen molar-refractivity contribution in [1.82, 2.24) is 9.97 Å². The highest BCUT2D eigenvalue weighted by molar-refractivity contribution is 5.56. The number of para-hydroxylation sites is 1. The highest BCUT2D eigenvalue weighted by Crippen LogP contribution is 2.32. The molecule has 4 nitrogen and oxygen atoms in total. The van der Waals surface area contributed by atoms with E-state index >= 15 is 0 Å². The number of anilines is 1. The summed E-state index contributed by atoms with van der Waals surface area (Å²) in [5.41, 5.74) is 9.68. The first-order valence-corrected chi connectivity index (χ1v) is 6.70. The number of rotatable bonds is 3. The number of nitrogens with two attached hydrogens (primary N) is 1. The number of hydrogen-bond donors (Lipinski definition) is 1. The molecule has 1 aromatic heterocycles. The fourth-order valence-corrected chi connectivity index (χ4v) is 2.79. The Hall–Kier alpha value is -1.94.